The average Bonchev–Trinajstić information content (AvgIpc) is 2.48. The molecule has 1 aromatic carbocycles. The fraction of sp³-hybridized carbons (Fsp3) is 0.647. The molecule has 0 heterocycles. The van der Waals surface area contributed by atoms with Crippen molar-refractivity contribution in [1.29, 1.82) is 0 Å². The monoisotopic (exact) mass is 279 g/mol. The molecule has 0 amide bonds. The van der Waals surface area contributed by atoms with Crippen molar-refractivity contribution >= 4 is 0 Å². The van der Waals surface area contributed by atoms with Crippen molar-refractivity contribution in [2.75, 3.05) is 13.7 Å². The molecule has 1 fully saturated rings. The highest BCUT2D eigenvalue weighted by Gasteiger charge is 2.40. The number of hydrogen-bond acceptors (Lipinski definition) is 2. The Morgan fingerprint density at radius 2 is 2.05 bits per heavy atom. The van der Waals surface area contributed by atoms with Gasteiger partial charge in [0, 0.05) is 7.11 Å². The normalized spacial score (nSPS) is 19.8. The summed E-state index contributed by atoms with van der Waals surface area (Å²) >= 11 is 0. The Morgan fingerprint density at radius 3 is 2.65 bits per heavy atom. The van der Waals surface area contributed by atoms with Gasteiger partial charge >= 0.3 is 0 Å². The summed E-state index contributed by atoms with van der Waals surface area (Å²) in [6.45, 7) is 3.07. The van der Waals surface area contributed by atoms with E-state index in [1.807, 2.05) is 6.07 Å². The van der Waals surface area contributed by atoms with E-state index in [0.29, 0.717) is 0 Å². The van der Waals surface area contributed by atoms with Crippen LogP contribution in [0.15, 0.2) is 24.3 Å². The van der Waals surface area contributed by atoms with Gasteiger partial charge in [-0.2, -0.15) is 0 Å². The Morgan fingerprint density at radius 1 is 1.30 bits per heavy atom. The lowest BCUT2D eigenvalue weighted by Crippen LogP contribution is -2.47. The zero-order chi connectivity index (χ0) is 14.4. The van der Waals surface area contributed by atoms with Crippen LogP contribution in [0.1, 0.15) is 57.1 Å². The van der Waals surface area contributed by atoms with Gasteiger partial charge in [0.15, 0.2) is 0 Å². The minimum Gasteiger partial charge on any atom is -0.376 e. The van der Waals surface area contributed by atoms with Gasteiger partial charge in [-0.05, 0) is 43.5 Å². The molecular weight excluding hydrogens is 253 g/mol. The van der Waals surface area contributed by atoms with E-state index in [2.05, 4.69) is 12.2 Å². The van der Waals surface area contributed by atoms with E-state index in [4.69, 9.17) is 4.74 Å². The molecule has 2 nitrogen and oxygen atoms in total. The van der Waals surface area contributed by atoms with Crippen molar-refractivity contribution in [1.82, 2.24) is 5.32 Å². The molecule has 0 spiro atoms. The van der Waals surface area contributed by atoms with Gasteiger partial charge in [0.2, 0.25) is 0 Å². The molecule has 1 saturated carbocycles. The van der Waals surface area contributed by atoms with Crippen LogP contribution in [0.2, 0.25) is 0 Å². The Hall–Kier alpha value is -0.930. The zero-order valence-corrected chi connectivity index (χ0v) is 12.6. The molecule has 1 N–H and O–H groups in total. The number of hydrogen-bond donors (Lipinski definition) is 1. The van der Waals surface area contributed by atoms with Crippen LogP contribution in [0.4, 0.5) is 4.39 Å². The first-order valence-corrected chi connectivity index (χ1v) is 7.76. The molecule has 3 heteroatoms. The fourth-order valence-electron chi connectivity index (χ4n) is 3.34. The van der Waals surface area contributed by atoms with Crippen molar-refractivity contribution in [3.8, 4) is 0 Å². The summed E-state index contributed by atoms with van der Waals surface area (Å²) in [7, 11) is 1.80. The maximum atomic E-state index is 13.6. The third-order valence-corrected chi connectivity index (χ3v) is 4.41. The molecule has 0 saturated heterocycles. The Balaban J connectivity index is 2.29. The molecule has 0 aliphatic heterocycles. The fourth-order valence-corrected chi connectivity index (χ4v) is 3.34. The molecule has 1 atom stereocenters. The summed E-state index contributed by atoms with van der Waals surface area (Å²) in [6.07, 6.45) is 6.80. The van der Waals surface area contributed by atoms with Gasteiger partial charge in [0.05, 0.1) is 11.6 Å². The second-order valence-electron chi connectivity index (χ2n) is 5.77. The van der Waals surface area contributed by atoms with E-state index in [1.165, 1.54) is 25.3 Å². The first kappa shape index (κ1) is 15.5. The van der Waals surface area contributed by atoms with Crippen molar-refractivity contribution < 1.29 is 9.13 Å². The molecule has 0 aromatic heterocycles. The van der Waals surface area contributed by atoms with Crippen molar-refractivity contribution in [3.63, 3.8) is 0 Å². The molecule has 1 aliphatic rings. The highest BCUT2D eigenvalue weighted by atomic mass is 19.1. The van der Waals surface area contributed by atoms with E-state index in [-0.39, 0.29) is 17.5 Å². The highest BCUT2D eigenvalue weighted by Crippen LogP contribution is 2.41. The molecule has 20 heavy (non-hydrogen) atoms. The van der Waals surface area contributed by atoms with Gasteiger partial charge in [-0.3, -0.25) is 0 Å². The van der Waals surface area contributed by atoms with E-state index in [1.54, 1.807) is 19.2 Å². The van der Waals surface area contributed by atoms with Crippen LogP contribution < -0.4 is 5.32 Å². The smallest absolute Gasteiger partial charge is 0.123 e. The number of rotatable bonds is 6. The van der Waals surface area contributed by atoms with Crippen LogP contribution >= 0.6 is 0 Å². The molecular formula is C17H26FNO. The SMILES string of the molecule is CCCNC(c1cccc(F)c1)C1(OC)CCCCC1. The van der Waals surface area contributed by atoms with E-state index in [9.17, 15) is 4.39 Å². The Kier molecular flexibility index (Phi) is 5.55. The Bertz CT molecular complexity index is 415. The molecule has 0 bridgehead atoms. The first-order chi connectivity index (χ1) is 9.72. The van der Waals surface area contributed by atoms with Crippen LogP contribution in [-0.4, -0.2) is 19.3 Å². The van der Waals surface area contributed by atoms with Gasteiger partial charge in [0.1, 0.15) is 5.82 Å². The maximum absolute atomic E-state index is 13.6. The van der Waals surface area contributed by atoms with Gasteiger partial charge in [-0.15, -0.1) is 0 Å². The molecule has 1 aliphatic carbocycles. The molecule has 1 aromatic rings. The summed E-state index contributed by atoms with van der Waals surface area (Å²) in [5.74, 6) is -0.173. The molecule has 1 unspecified atom stereocenters. The van der Waals surface area contributed by atoms with Crippen LogP contribution in [0.3, 0.4) is 0 Å². The number of nitrogens with one attached hydrogen (secondary N) is 1. The largest absolute Gasteiger partial charge is 0.376 e. The molecule has 2 rings (SSSR count). The van der Waals surface area contributed by atoms with E-state index < -0.39 is 0 Å². The molecule has 0 radical (unpaired) electrons. The number of benzene rings is 1. The standard InChI is InChI=1S/C17H26FNO/c1-3-12-19-16(14-8-7-9-15(18)13-14)17(20-2)10-5-4-6-11-17/h7-9,13,16,19H,3-6,10-12H2,1-2H3. The predicted molar refractivity (Wildman–Crippen MR) is 80.3 cm³/mol. The van der Waals surface area contributed by atoms with Crippen LogP contribution in [-0.2, 0) is 4.74 Å². The van der Waals surface area contributed by atoms with Crippen LogP contribution in [0.5, 0.6) is 0 Å². The topological polar surface area (TPSA) is 21.3 Å². The lowest BCUT2D eigenvalue weighted by Gasteiger charge is -2.43. The average molecular weight is 279 g/mol. The van der Waals surface area contributed by atoms with E-state index >= 15 is 0 Å². The lowest BCUT2D eigenvalue weighted by molar-refractivity contribution is -0.0687. The first-order valence-electron chi connectivity index (χ1n) is 7.76. The summed E-state index contributed by atoms with van der Waals surface area (Å²) in [6, 6.07) is 7.01. The summed E-state index contributed by atoms with van der Waals surface area (Å²) in [4.78, 5) is 0. The van der Waals surface area contributed by atoms with Crippen molar-refractivity contribution in [3.05, 3.63) is 35.6 Å². The number of ether oxygens (including phenoxy) is 1. The second kappa shape index (κ2) is 7.19. The van der Waals surface area contributed by atoms with Gasteiger partial charge in [-0.1, -0.05) is 38.3 Å². The van der Waals surface area contributed by atoms with Crippen molar-refractivity contribution in [2.45, 2.75) is 57.1 Å². The van der Waals surface area contributed by atoms with Gasteiger partial charge in [-0.25, -0.2) is 4.39 Å². The van der Waals surface area contributed by atoms with Crippen molar-refractivity contribution in [2.24, 2.45) is 0 Å². The van der Waals surface area contributed by atoms with Gasteiger partial charge < -0.3 is 10.1 Å². The highest BCUT2D eigenvalue weighted by molar-refractivity contribution is 5.24. The summed E-state index contributed by atoms with van der Waals surface area (Å²) in [5, 5.41) is 3.58. The van der Waals surface area contributed by atoms with Crippen LogP contribution in [0, 0.1) is 5.82 Å². The maximum Gasteiger partial charge on any atom is 0.123 e. The minimum atomic E-state index is -0.193. The van der Waals surface area contributed by atoms with Gasteiger partial charge in [0.25, 0.3) is 0 Å². The number of halogens is 1. The third kappa shape index (κ3) is 3.39. The second-order valence-corrected chi connectivity index (χ2v) is 5.77. The summed E-state index contributed by atoms with van der Waals surface area (Å²) < 4.78 is 19.5. The number of methoxy groups -OCH3 is 1. The Labute approximate surface area is 121 Å². The lowest BCUT2D eigenvalue weighted by atomic mass is 9.76. The predicted octanol–water partition coefficient (Wildman–Crippen LogP) is 4.22. The quantitative estimate of drug-likeness (QED) is 0.842. The molecule has 112 valence electrons. The summed E-state index contributed by atoms with van der Waals surface area (Å²) in [5.41, 5.74) is 0.809. The zero-order valence-electron chi connectivity index (χ0n) is 12.6. The third-order valence-electron chi connectivity index (χ3n) is 4.41. The van der Waals surface area contributed by atoms with E-state index in [0.717, 1.165) is 31.4 Å². The minimum absolute atomic E-state index is 0.0726. The van der Waals surface area contributed by atoms with Crippen LogP contribution in [0.25, 0.3) is 0 Å².